The Bertz CT molecular complexity index is 654. The van der Waals surface area contributed by atoms with Crippen LogP contribution in [-0.4, -0.2) is 20.0 Å². The van der Waals surface area contributed by atoms with Crippen molar-refractivity contribution >= 4 is 60.7 Å². The van der Waals surface area contributed by atoms with E-state index in [9.17, 15) is 10.1 Å². The van der Waals surface area contributed by atoms with Gasteiger partial charge in [-0.15, -0.1) is 6.58 Å². The molecule has 8 heteroatoms. The average Bonchev–Trinajstić information content (AvgIpc) is 2.77. The van der Waals surface area contributed by atoms with Gasteiger partial charge in [0, 0.05) is 17.9 Å². The van der Waals surface area contributed by atoms with Crippen molar-refractivity contribution in [3.8, 4) is 0 Å². The van der Waals surface area contributed by atoms with Crippen molar-refractivity contribution < 1.29 is 4.92 Å². The Kier molecular flexibility index (Phi) is 4.46. The van der Waals surface area contributed by atoms with E-state index in [1.165, 1.54) is 35.2 Å². The van der Waals surface area contributed by atoms with Crippen molar-refractivity contribution in [2.75, 3.05) is 11.1 Å². The summed E-state index contributed by atoms with van der Waals surface area (Å²) in [6.45, 7) is 3.62. The maximum Gasteiger partial charge on any atom is 0.270 e. The molecule has 0 radical (unpaired) electrons. The Morgan fingerprint density at radius 1 is 1.68 bits per heavy atom. The topological polar surface area (TPSA) is 68.1 Å². The van der Waals surface area contributed by atoms with Gasteiger partial charge in [0.1, 0.15) is 4.32 Å². The maximum atomic E-state index is 10.7. The number of nitro groups is 1. The van der Waals surface area contributed by atoms with Crippen molar-refractivity contribution in [1.29, 1.82) is 0 Å². The van der Waals surface area contributed by atoms with Crippen molar-refractivity contribution in [3.05, 3.63) is 41.0 Å². The molecule has 1 N–H and O–H groups in total. The third-order valence-corrected chi connectivity index (χ3v) is 4.28. The van der Waals surface area contributed by atoms with Crippen molar-refractivity contribution in [2.45, 2.75) is 0 Å². The van der Waals surface area contributed by atoms with Gasteiger partial charge in [0.2, 0.25) is 0 Å². The van der Waals surface area contributed by atoms with Crippen LogP contribution in [0.15, 0.2) is 30.9 Å². The minimum Gasteiger partial charge on any atom is -0.317 e. The zero-order valence-electron chi connectivity index (χ0n) is 9.66. The van der Waals surface area contributed by atoms with E-state index < -0.39 is 4.92 Å². The van der Waals surface area contributed by atoms with Gasteiger partial charge in [-0.1, -0.05) is 41.4 Å². The second-order valence-electron chi connectivity index (χ2n) is 3.44. The Labute approximate surface area is 122 Å². The fraction of sp³-hybridized carbons (Fsp3) is 0.0909. The number of nitrogens with one attached hydrogen (secondary N) is 1. The van der Waals surface area contributed by atoms with Crippen LogP contribution >= 0.6 is 35.3 Å². The van der Waals surface area contributed by atoms with E-state index in [1.54, 1.807) is 12.1 Å². The first-order chi connectivity index (χ1) is 9.10. The highest BCUT2D eigenvalue weighted by atomic mass is 32.2. The number of thioether (sulfide) groups is 1. The summed E-state index contributed by atoms with van der Waals surface area (Å²) in [6.07, 6.45) is 1.76. The van der Waals surface area contributed by atoms with Gasteiger partial charge in [-0.05, 0) is 6.07 Å². The number of hydrogen-bond donors (Lipinski definition) is 1. The van der Waals surface area contributed by atoms with Crippen LogP contribution in [-0.2, 0) is 0 Å². The lowest BCUT2D eigenvalue weighted by Gasteiger charge is -2.00. The fourth-order valence-electron chi connectivity index (χ4n) is 1.34. The minimum atomic E-state index is -0.420. The van der Waals surface area contributed by atoms with Crippen LogP contribution in [0.4, 0.5) is 10.8 Å². The normalized spacial score (nSPS) is 10.3. The van der Waals surface area contributed by atoms with E-state index in [0.717, 1.165) is 16.0 Å². The number of thiocarbonyl (C=S) groups is 1. The lowest BCUT2D eigenvalue weighted by molar-refractivity contribution is -0.384. The molecule has 0 bridgehead atoms. The van der Waals surface area contributed by atoms with E-state index in [0.29, 0.717) is 9.45 Å². The number of aromatic nitrogens is 1. The molecule has 0 aliphatic heterocycles. The summed E-state index contributed by atoms with van der Waals surface area (Å²) in [6, 6.07) is 4.59. The molecule has 0 fully saturated rings. The van der Waals surface area contributed by atoms with Crippen LogP contribution in [0, 0.1) is 10.1 Å². The number of hydrogen-bond acceptors (Lipinski definition) is 6. The molecule has 0 saturated heterocycles. The Morgan fingerprint density at radius 3 is 3.16 bits per heavy atom. The summed E-state index contributed by atoms with van der Waals surface area (Å²) >= 11 is 7.92. The number of nitro benzene ring substituents is 1. The van der Waals surface area contributed by atoms with E-state index in [-0.39, 0.29) is 5.69 Å². The molecule has 5 nitrogen and oxygen atoms in total. The van der Waals surface area contributed by atoms with Crippen LogP contribution in [0.2, 0.25) is 0 Å². The average molecular weight is 311 g/mol. The molecule has 0 saturated carbocycles. The van der Waals surface area contributed by atoms with Gasteiger partial charge < -0.3 is 5.32 Å². The maximum absolute atomic E-state index is 10.7. The molecule has 0 atom stereocenters. The standard InChI is InChI=1S/C11H9N3O2S3/c1-2-5-18-11(17)13-10-12-8-4-3-7(14(15)16)6-9(8)19-10/h2-4,6H,1,5H2,(H,12,13,17). The van der Waals surface area contributed by atoms with Gasteiger partial charge in [0.05, 0.1) is 15.1 Å². The highest BCUT2D eigenvalue weighted by Crippen LogP contribution is 2.29. The Hall–Kier alpha value is -1.51. The predicted molar refractivity (Wildman–Crippen MR) is 85.2 cm³/mol. The van der Waals surface area contributed by atoms with E-state index in [4.69, 9.17) is 12.2 Å². The molecule has 1 aromatic heterocycles. The number of benzene rings is 1. The van der Waals surface area contributed by atoms with Gasteiger partial charge in [0.25, 0.3) is 5.69 Å². The smallest absolute Gasteiger partial charge is 0.270 e. The molecular formula is C11H9N3O2S3. The number of anilines is 1. The van der Waals surface area contributed by atoms with Crippen LogP contribution in [0.1, 0.15) is 0 Å². The monoisotopic (exact) mass is 311 g/mol. The van der Waals surface area contributed by atoms with Gasteiger partial charge in [-0.2, -0.15) is 0 Å². The third kappa shape index (κ3) is 3.49. The number of fused-ring (bicyclic) bond motifs is 1. The van der Waals surface area contributed by atoms with Gasteiger partial charge >= 0.3 is 0 Å². The lowest BCUT2D eigenvalue weighted by Crippen LogP contribution is -2.04. The molecule has 0 spiro atoms. The van der Waals surface area contributed by atoms with Crippen LogP contribution in [0.5, 0.6) is 0 Å². The molecule has 98 valence electrons. The summed E-state index contributed by atoms with van der Waals surface area (Å²) < 4.78 is 1.36. The lowest BCUT2D eigenvalue weighted by atomic mass is 10.3. The molecule has 2 rings (SSSR count). The minimum absolute atomic E-state index is 0.0614. The SMILES string of the molecule is C=CCSC(=S)Nc1nc2ccc([N+](=O)[O-])cc2s1. The first-order valence-electron chi connectivity index (χ1n) is 5.20. The number of non-ortho nitro benzene ring substituents is 1. The highest BCUT2D eigenvalue weighted by Gasteiger charge is 2.10. The summed E-state index contributed by atoms with van der Waals surface area (Å²) in [7, 11) is 0. The predicted octanol–water partition coefficient (Wildman–Crippen LogP) is 3.82. The summed E-state index contributed by atoms with van der Waals surface area (Å²) in [5.41, 5.74) is 0.779. The number of rotatable bonds is 4. The highest BCUT2D eigenvalue weighted by molar-refractivity contribution is 8.23. The van der Waals surface area contributed by atoms with Crippen molar-refractivity contribution in [2.24, 2.45) is 0 Å². The van der Waals surface area contributed by atoms with Crippen molar-refractivity contribution in [1.82, 2.24) is 4.98 Å². The second-order valence-corrected chi connectivity index (χ2v) is 6.17. The van der Waals surface area contributed by atoms with Crippen LogP contribution in [0.3, 0.4) is 0 Å². The molecule has 2 aromatic rings. The molecular weight excluding hydrogens is 302 g/mol. The fourth-order valence-corrected chi connectivity index (χ4v) is 3.11. The first-order valence-corrected chi connectivity index (χ1v) is 7.41. The van der Waals surface area contributed by atoms with Crippen LogP contribution < -0.4 is 5.32 Å². The third-order valence-electron chi connectivity index (χ3n) is 2.12. The quantitative estimate of drug-likeness (QED) is 0.401. The summed E-state index contributed by atoms with van der Waals surface area (Å²) in [5.74, 6) is 0.724. The zero-order valence-corrected chi connectivity index (χ0v) is 12.1. The summed E-state index contributed by atoms with van der Waals surface area (Å²) in [4.78, 5) is 14.6. The van der Waals surface area contributed by atoms with E-state index in [2.05, 4.69) is 16.9 Å². The molecule has 0 unspecified atom stereocenters. The molecule has 0 aliphatic carbocycles. The second kappa shape index (κ2) is 6.09. The zero-order chi connectivity index (χ0) is 13.8. The molecule has 1 heterocycles. The largest absolute Gasteiger partial charge is 0.317 e. The Balaban J connectivity index is 2.19. The Morgan fingerprint density at radius 2 is 2.47 bits per heavy atom. The first kappa shape index (κ1) is 13.9. The molecule has 0 amide bonds. The number of thiazole rings is 1. The summed E-state index contributed by atoms with van der Waals surface area (Å²) in [5, 5.41) is 14.3. The van der Waals surface area contributed by atoms with Gasteiger partial charge in [0.15, 0.2) is 5.13 Å². The molecule has 19 heavy (non-hydrogen) atoms. The van der Waals surface area contributed by atoms with Crippen LogP contribution in [0.25, 0.3) is 10.2 Å². The number of nitrogens with zero attached hydrogens (tertiary/aromatic N) is 2. The van der Waals surface area contributed by atoms with Gasteiger partial charge in [-0.25, -0.2) is 4.98 Å². The molecule has 1 aromatic carbocycles. The van der Waals surface area contributed by atoms with Gasteiger partial charge in [-0.3, -0.25) is 10.1 Å². The molecule has 0 aliphatic rings. The van der Waals surface area contributed by atoms with E-state index >= 15 is 0 Å². The van der Waals surface area contributed by atoms with Crippen molar-refractivity contribution in [3.63, 3.8) is 0 Å². The van der Waals surface area contributed by atoms with E-state index in [1.807, 2.05) is 0 Å².